The van der Waals surface area contributed by atoms with Crippen molar-refractivity contribution < 1.29 is 4.79 Å². The molecule has 0 aromatic carbocycles. The quantitative estimate of drug-likeness (QED) is 0.820. The SMILES string of the molecule is CCC1NC(CC(C)C)N(CC2CCN(C)C2)C1=O. The van der Waals surface area contributed by atoms with Gasteiger partial charge in [-0.25, -0.2) is 0 Å². The van der Waals surface area contributed by atoms with E-state index in [1.807, 2.05) is 0 Å². The van der Waals surface area contributed by atoms with Gasteiger partial charge in [0.05, 0.1) is 12.2 Å². The molecule has 4 nitrogen and oxygen atoms in total. The summed E-state index contributed by atoms with van der Waals surface area (Å²) in [7, 11) is 2.17. The molecule has 3 unspecified atom stereocenters. The third-order valence-electron chi connectivity index (χ3n) is 4.40. The van der Waals surface area contributed by atoms with Gasteiger partial charge in [-0.3, -0.25) is 10.1 Å². The lowest BCUT2D eigenvalue weighted by Crippen LogP contribution is -2.41. The van der Waals surface area contributed by atoms with E-state index in [0.717, 1.165) is 25.9 Å². The summed E-state index contributed by atoms with van der Waals surface area (Å²) >= 11 is 0. The number of nitrogens with one attached hydrogen (secondary N) is 1. The highest BCUT2D eigenvalue weighted by molar-refractivity contribution is 5.84. The highest BCUT2D eigenvalue weighted by atomic mass is 16.2. The molecular formula is C15H29N3O. The van der Waals surface area contributed by atoms with Gasteiger partial charge in [-0.1, -0.05) is 20.8 Å². The minimum absolute atomic E-state index is 0.0443. The van der Waals surface area contributed by atoms with Crippen molar-refractivity contribution in [3.8, 4) is 0 Å². The first-order valence-electron chi connectivity index (χ1n) is 7.76. The van der Waals surface area contributed by atoms with Crippen LogP contribution in [-0.4, -0.2) is 54.6 Å². The van der Waals surface area contributed by atoms with Gasteiger partial charge in [0.15, 0.2) is 0 Å². The summed E-state index contributed by atoms with van der Waals surface area (Å²) < 4.78 is 0. The summed E-state index contributed by atoms with van der Waals surface area (Å²) in [6, 6.07) is 0.0443. The number of carbonyl (C=O) groups excluding carboxylic acids is 1. The topological polar surface area (TPSA) is 35.6 Å². The Morgan fingerprint density at radius 3 is 2.68 bits per heavy atom. The average molecular weight is 267 g/mol. The summed E-state index contributed by atoms with van der Waals surface area (Å²) in [4.78, 5) is 16.9. The number of hydrogen-bond donors (Lipinski definition) is 1. The molecule has 0 aliphatic carbocycles. The summed E-state index contributed by atoms with van der Waals surface area (Å²) in [5.41, 5.74) is 0. The average Bonchev–Trinajstić information content (AvgIpc) is 2.87. The molecule has 2 aliphatic heterocycles. The Bertz CT molecular complexity index is 319. The molecule has 0 aromatic heterocycles. The maximum Gasteiger partial charge on any atom is 0.241 e. The molecule has 0 spiro atoms. The molecule has 2 saturated heterocycles. The molecule has 19 heavy (non-hydrogen) atoms. The molecule has 2 rings (SSSR count). The fourth-order valence-electron chi connectivity index (χ4n) is 3.35. The maximum atomic E-state index is 12.4. The third-order valence-corrected chi connectivity index (χ3v) is 4.40. The minimum atomic E-state index is 0.0443. The molecule has 2 fully saturated rings. The van der Waals surface area contributed by atoms with Crippen molar-refractivity contribution in [2.24, 2.45) is 11.8 Å². The normalized spacial score (nSPS) is 32.8. The molecule has 4 heteroatoms. The van der Waals surface area contributed by atoms with E-state index < -0.39 is 0 Å². The van der Waals surface area contributed by atoms with E-state index in [1.165, 1.54) is 13.0 Å². The first kappa shape index (κ1) is 14.8. The highest BCUT2D eigenvalue weighted by Crippen LogP contribution is 2.23. The van der Waals surface area contributed by atoms with Gasteiger partial charge in [-0.05, 0) is 44.7 Å². The second-order valence-corrected chi connectivity index (χ2v) is 6.68. The minimum Gasteiger partial charge on any atom is -0.325 e. The Kier molecular flexibility index (Phi) is 4.85. The van der Waals surface area contributed by atoms with Gasteiger partial charge in [-0.2, -0.15) is 0 Å². The first-order chi connectivity index (χ1) is 9.01. The fraction of sp³-hybridized carbons (Fsp3) is 0.933. The number of amides is 1. The molecule has 1 N–H and O–H groups in total. The van der Waals surface area contributed by atoms with Gasteiger partial charge >= 0.3 is 0 Å². The lowest BCUT2D eigenvalue weighted by atomic mass is 10.1. The van der Waals surface area contributed by atoms with Crippen LogP contribution in [0.4, 0.5) is 0 Å². The Balaban J connectivity index is 1.99. The molecule has 1 amide bonds. The fourth-order valence-corrected chi connectivity index (χ4v) is 3.35. The van der Waals surface area contributed by atoms with Gasteiger partial charge in [0, 0.05) is 13.1 Å². The molecule has 0 bridgehead atoms. The molecule has 3 atom stereocenters. The van der Waals surface area contributed by atoms with Gasteiger partial charge in [0.1, 0.15) is 0 Å². The summed E-state index contributed by atoms with van der Waals surface area (Å²) in [5, 5.41) is 3.52. The Labute approximate surface area is 117 Å². The molecule has 0 aromatic rings. The number of nitrogens with zero attached hydrogens (tertiary/aromatic N) is 2. The first-order valence-corrected chi connectivity index (χ1v) is 7.76. The van der Waals surface area contributed by atoms with Crippen LogP contribution in [0.5, 0.6) is 0 Å². The number of carbonyl (C=O) groups is 1. The lowest BCUT2D eigenvalue weighted by Gasteiger charge is -2.28. The number of hydrogen-bond acceptors (Lipinski definition) is 3. The van der Waals surface area contributed by atoms with Crippen molar-refractivity contribution in [1.82, 2.24) is 15.1 Å². The van der Waals surface area contributed by atoms with Gasteiger partial charge < -0.3 is 9.80 Å². The van der Waals surface area contributed by atoms with Crippen LogP contribution in [0.2, 0.25) is 0 Å². The van der Waals surface area contributed by atoms with E-state index >= 15 is 0 Å². The zero-order valence-corrected chi connectivity index (χ0v) is 12.9. The zero-order chi connectivity index (χ0) is 14.0. The number of likely N-dealkylation sites (tertiary alicyclic amines) is 1. The van der Waals surface area contributed by atoms with E-state index in [0.29, 0.717) is 17.7 Å². The maximum absolute atomic E-state index is 12.4. The van der Waals surface area contributed by atoms with Crippen LogP contribution in [-0.2, 0) is 4.79 Å². The largest absolute Gasteiger partial charge is 0.325 e. The van der Waals surface area contributed by atoms with E-state index in [4.69, 9.17) is 0 Å². The molecule has 110 valence electrons. The third kappa shape index (κ3) is 3.48. The van der Waals surface area contributed by atoms with Crippen molar-refractivity contribution in [3.05, 3.63) is 0 Å². The standard InChI is InChI=1S/C15H29N3O/c1-5-13-15(19)18(14(16-13)8-11(2)3)10-12-6-7-17(4)9-12/h11-14,16H,5-10H2,1-4H3. The van der Waals surface area contributed by atoms with Crippen molar-refractivity contribution in [2.75, 3.05) is 26.7 Å². The van der Waals surface area contributed by atoms with E-state index in [2.05, 4.69) is 42.9 Å². The van der Waals surface area contributed by atoms with Crippen LogP contribution in [0.25, 0.3) is 0 Å². The van der Waals surface area contributed by atoms with E-state index in [-0.39, 0.29) is 12.2 Å². The van der Waals surface area contributed by atoms with Crippen LogP contribution < -0.4 is 5.32 Å². The zero-order valence-electron chi connectivity index (χ0n) is 12.9. The molecule has 0 radical (unpaired) electrons. The van der Waals surface area contributed by atoms with Gasteiger partial charge in [0.2, 0.25) is 5.91 Å². The Hall–Kier alpha value is -0.610. The lowest BCUT2D eigenvalue weighted by molar-refractivity contribution is -0.130. The van der Waals surface area contributed by atoms with Crippen LogP contribution in [0.1, 0.15) is 40.0 Å². The van der Waals surface area contributed by atoms with E-state index in [1.54, 1.807) is 0 Å². The summed E-state index contributed by atoms with van der Waals surface area (Å²) in [6.07, 6.45) is 3.44. The van der Waals surface area contributed by atoms with E-state index in [9.17, 15) is 4.79 Å². The van der Waals surface area contributed by atoms with Crippen LogP contribution in [0, 0.1) is 11.8 Å². The van der Waals surface area contributed by atoms with Crippen molar-refractivity contribution in [3.63, 3.8) is 0 Å². The van der Waals surface area contributed by atoms with Crippen LogP contribution in [0.15, 0.2) is 0 Å². The van der Waals surface area contributed by atoms with Gasteiger partial charge in [-0.15, -0.1) is 0 Å². The Morgan fingerprint density at radius 2 is 2.16 bits per heavy atom. The Morgan fingerprint density at radius 1 is 1.42 bits per heavy atom. The molecule has 2 heterocycles. The molecule has 0 saturated carbocycles. The summed E-state index contributed by atoms with van der Waals surface area (Å²) in [5.74, 6) is 1.60. The number of rotatable bonds is 5. The van der Waals surface area contributed by atoms with Crippen LogP contribution in [0.3, 0.4) is 0 Å². The smallest absolute Gasteiger partial charge is 0.241 e. The second-order valence-electron chi connectivity index (χ2n) is 6.68. The monoisotopic (exact) mass is 267 g/mol. The van der Waals surface area contributed by atoms with Crippen LogP contribution >= 0.6 is 0 Å². The highest BCUT2D eigenvalue weighted by Gasteiger charge is 2.39. The van der Waals surface area contributed by atoms with Gasteiger partial charge in [0.25, 0.3) is 0 Å². The van der Waals surface area contributed by atoms with Crippen molar-refractivity contribution in [1.29, 1.82) is 0 Å². The predicted molar refractivity (Wildman–Crippen MR) is 77.8 cm³/mol. The second kappa shape index (κ2) is 6.23. The molecule has 2 aliphatic rings. The molecular weight excluding hydrogens is 238 g/mol. The predicted octanol–water partition coefficient (Wildman–Crippen LogP) is 1.52. The van der Waals surface area contributed by atoms with Crippen molar-refractivity contribution in [2.45, 2.75) is 52.2 Å². The van der Waals surface area contributed by atoms with Crippen molar-refractivity contribution >= 4 is 5.91 Å². The summed E-state index contributed by atoms with van der Waals surface area (Å²) in [6.45, 7) is 9.79.